The Balaban J connectivity index is 2.33. The molecule has 0 amide bonds. The van der Waals surface area contributed by atoms with Crippen molar-refractivity contribution in [2.24, 2.45) is 0 Å². The minimum atomic E-state index is 0.0803. The number of benzene rings is 2. The predicted octanol–water partition coefficient (Wildman–Crippen LogP) is 3.68. The average Bonchev–Trinajstić information content (AvgIpc) is 2.73. The monoisotopic (exact) mass is 247 g/mol. The summed E-state index contributed by atoms with van der Waals surface area (Å²) in [5, 5.41) is 15.4. The molecule has 1 heterocycles. The van der Waals surface area contributed by atoms with Crippen LogP contribution in [0.2, 0.25) is 0 Å². The molecule has 2 nitrogen and oxygen atoms in total. The third kappa shape index (κ3) is 1.55. The third-order valence-corrected chi connectivity index (χ3v) is 3.81. The number of alkyl halides is 1. The van der Waals surface area contributed by atoms with Gasteiger partial charge in [-0.2, -0.15) is 0 Å². The van der Waals surface area contributed by atoms with E-state index in [9.17, 15) is 5.11 Å². The summed E-state index contributed by atoms with van der Waals surface area (Å²) >= 11 is 6.25. The summed E-state index contributed by atoms with van der Waals surface area (Å²) in [7, 11) is 0. The van der Waals surface area contributed by atoms with Gasteiger partial charge in [-0.15, -0.1) is 11.6 Å². The summed E-state index contributed by atoms with van der Waals surface area (Å²) in [4.78, 5) is 0. The Labute approximate surface area is 105 Å². The largest absolute Gasteiger partial charge is 0.507 e. The number of nitrogens with one attached hydrogen (secondary N) is 1. The van der Waals surface area contributed by atoms with Crippen LogP contribution in [0, 0.1) is 0 Å². The number of anilines is 1. The molecule has 0 unspecified atom stereocenters. The van der Waals surface area contributed by atoms with Crippen LogP contribution in [0.25, 0.3) is 10.8 Å². The van der Waals surface area contributed by atoms with E-state index in [1.807, 2.05) is 31.2 Å². The molecule has 1 aliphatic rings. The summed E-state index contributed by atoms with van der Waals surface area (Å²) in [5.41, 5.74) is 2.25. The first-order chi connectivity index (χ1) is 8.18. The van der Waals surface area contributed by atoms with Crippen molar-refractivity contribution in [1.29, 1.82) is 0 Å². The van der Waals surface area contributed by atoms with Gasteiger partial charge in [0.25, 0.3) is 0 Å². The van der Waals surface area contributed by atoms with Crippen molar-refractivity contribution in [3.05, 3.63) is 35.9 Å². The Morgan fingerprint density at radius 3 is 2.76 bits per heavy atom. The normalized spacial score (nSPS) is 20.0. The highest BCUT2D eigenvalue weighted by Gasteiger charge is 2.28. The van der Waals surface area contributed by atoms with Crippen molar-refractivity contribution in [1.82, 2.24) is 0 Å². The zero-order valence-corrected chi connectivity index (χ0v) is 10.3. The summed E-state index contributed by atoms with van der Waals surface area (Å²) in [6.45, 7) is 2.86. The van der Waals surface area contributed by atoms with E-state index in [0.29, 0.717) is 11.7 Å². The van der Waals surface area contributed by atoms with Crippen LogP contribution >= 0.6 is 11.6 Å². The maximum atomic E-state index is 9.99. The van der Waals surface area contributed by atoms with E-state index in [1.165, 1.54) is 5.56 Å². The highest BCUT2D eigenvalue weighted by atomic mass is 35.5. The van der Waals surface area contributed by atoms with Crippen molar-refractivity contribution >= 4 is 28.1 Å². The van der Waals surface area contributed by atoms with Crippen LogP contribution in [-0.2, 0) is 0 Å². The Kier molecular flexibility index (Phi) is 2.40. The van der Waals surface area contributed by atoms with Crippen molar-refractivity contribution in [3.63, 3.8) is 0 Å². The molecule has 2 aromatic rings. The van der Waals surface area contributed by atoms with Gasteiger partial charge in [0.1, 0.15) is 5.75 Å². The minimum absolute atomic E-state index is 0.0803. The van der Waals surface area contributed by atoms with Crippen molar-refractivity contribution in [2.75, 3.05) is 11.9 Å². The molecule has 1 aliphatic heterocycles. The van der Waals surface area contributed by atoms with Gasteiger partial charge in [0.15, 0.2) is 0 Å². The number of phenolic OH excluding ortho intramolecular Hbond substituents is 1. The number of rotatable bonds is 1. The van der Waals surface area contributed by atoms with Gasteiger partial charge in [-0.1, -0.05) is 24.3 Å². The molecule has 3 rings (SSSR count). The number of halogens is 1. The molecule has 0 radical (unpaired) electrons. The fraction of sp³-hybridized carbons (Fsp3) is 0.286. The first-order valence-electron chi connectivity index (χ1n) is 5.81. The lowest BCUT2D eigenvalue weighted by Crippen LogP contribution is -2.11. The standard InChI is InChI=1S/C14H14ClNO/c1-8(15)11-7-16-12-6-13(17)9-4-2-3-5-10(9)14(11)12/h2-6,8,11,16-17H,7H2,1H3/t8-,11+/m1/s1. The van der Waals surface area contributed by atoms with Crippen LogP contribution in [0.4, 0.5) is 5.69 Å². The fourth-order valence-electron chi connectivity index (χ4n) is 2.64. The molecule has 0 saturated heterocycles. The molecule has 88 valence electrons. The molecule has 3 heteroatoms. The minimum Gasteiger partial charge on any atom is -0.507 e. The molecule has 0 fully saturated rings. The van der Waals surface area contributed by atoms with Crippen LogP contribution in [0.15, 0.2) is 30.3 Å². The van der Waals surface area contributed by atoms with Gasteiger partial charge in [-0.25, -0.2) is 0 Å². The number of aromatic hydroxyl groups is 1. The van der Waals surface area contributed by atoms with E-state index in [2.05, 4.69) is 5.32 Å². The second-order valence-electron chi connectivity index (χ2n) is 4.57. The van der Waals surface area contributed by atoms with Crippen LogP contribution in [-0.4, -0.2) is 17.0 Å². The summed E-state index contributed by atoms with van der Waals surface area (Å²) in [6.07, 6.45) is 0. The lowest BCUT2D eigenvalue weighted by Gasteiger charge is -2.15. The number of fused-ring (bicyclic) bond motifs is 3. The van der Waals surface area contributed by atoms with Gasteiger partial charge in [-0.05, 0) is 17.9 Å². The molecular weight excluding hydrogens is 234 g/mol. The van der Waals surface area contributed by atoms with Crippen molar-refractivity contribution < 1.29 is 5.11 Å². The Morgan fingerprint density at radius 2 is 2.06 bits per heavy atom. The van der Waals surface area contributed by atoms with Gasteiger partial charge in [0.2, 0.25) is 0 Å². The van der Waals surface area contributed by atoms with Crippen LogP contribution in [0.3, 0.4) is 0 Å². The fourth-order valence-corrected chi connectivity index (χ4v) is 2.85. The third-order valence-electron chi connectivity index (χ3n) is 3.50. The van der Waals surface area contributed by atoms with E-state index < -0.39 is 0 Å². The highest BCUT2D eigenvalue weighted by Crippen LogP contribution is 2.43. The smallest absolute Gasteiger partial charge is 0.125 e. The summed E-state index contributed by atoms with van der Waals surface area (Å²) in [5.74, 6) is 0.631. The van der Waals surface area contributed by atoms with E-state index in [0.717, 1.165) is 23.0 Å². The van der Waals surface area contributed by atoms with E-state index in [4.69, 9.17) is 11.6 Å². The number of hydrogen-bond donors (Lipinski definition) is 2. The lowest BCUT2D eigenvalue weighted by atomic mass is 9.92. The second-order valence-corrected chi connectivity index (χ2v) is 5.26. The molecule has 0 spiro atoms. The molecule has 17 heavy (non-hydrogen) atoms. The quantitative estimate of drug-likeness (QED) is 0.754. The van der Waals surface area contributed by atoms with E-state index >= 15 is 0 Å². The molecule has 0 aromatic heterocycles. The van der Waals surface area contributed by atoms with Crippen molar-refractivity contribution in [3.8, 4) is 5.75 Å². The number of hydrogen-bond acceptors (Lipinski definition) is 2. The van der Waals surface area contributed by atoms with E-state index in [-0.39, 0.29) is 5.38 Å². The predicted molar refractivity (Wildman–Crippen MR) is 72.2 cm³/mol. The molecular formula is C14H14ClNO. The topological polar surface area (TPSA) is 32.3 Å². The molecule has 0 bridgehead atoms. The summed E-state index contributed by atoms with van der Waals surface area (Å²) < 4.78 is 0. The second kappa shape index (κ2) is 3.81. The van der Waals surface area contributed by atoms with Crippen LogP contribution in [0.1, 0.15) is 18.4 Å². The Morgan fingerprint density at radius 1 is 1.35 bits per heavy atom. The SMILES string of the molecule is C[C@@H](Cl)[C@@H]1CNc2cc(O)c3ccccc3c21. The van der Waals surface area contributed by atoms with Gasteiger partial charge >= 0.3 is 0 Å². The van der Waals surface area contributed by atoms with Gasteiger partial charge in [0.05, 0.1) is 0 Å². The highest BCUT2D eigenvalue weighted by molar-refractivity contribution is 6.21. The Hall–Kier alpha value is -1.41. The van der Waals surface area contributed by atoms with Gasteiger partial charge in [0, 0.05) is 35.0 Å². The lowest BCUT2D eigenvalue weighted by molar-refractivity contribution is 0.482. The van der Waals surface area contributed by atoms with Crippen molar-refractivity contribution in [2.45, 2.75) is 18.2 Å². The molecule has 2 aromatic carbocycles. The van der Waals surface area contributed by atoms with Gasteiger partial charge in [-0.3, -0.25) is 0 Å². The maximum absolute atomic E-state index is 9.99. The maximum Gasteiger partial charge on any atom is 0.125 e. The first kappa shape index (κ1) is 10.7. The summed E-state index contributed by atoms with van der Waals surface area (Å²) in [6, 6.07) is 9.73. The molecule has 2 atom stereocenters. The van der Waals surface area contributed by atoms with Gasteiger partial charge < -0.3 is 10.4 Å². The van der Waals surface area contributed by atoms with E-state index in [1.54, 1.807) is 6.07 Å². The zero-order chi connectivity index (χ0) is 12.0. The Bertz CT molecular complexity index is 580. The molecule has 0 saturated carbocycles. The zero-order valence-electron chi connectivity index (χ0n) is 9.57. The molecule has 2 N–H and O–H groups in total. The van der Waals surface area contributed by atoms with Crippen LogP contribution in [0.5, 0.6) is 5.75 Å². The first-order valence-corrected chi connectivity index (χ1v) is 6.24. The average molecular weight is 248 g/mol. The molecule has 0 aliphatic carbocycles. The van der Waals surface area contributed by atoms with Crippen LogP contribution < -0.4 is 5.32 Å². The number of phenols is 1.